The average molecular weight is 311 g/mol. The quantitative estimate of drug-likeness (QED) is 0.674. The first kappa shape index (κ1) is 12.8. The number of amides is 1. The van der Waals surface area contributed by atoms with Gasteiger partial charge in [0.25, 0.3) is 5.91 Å². The van der Waals surface area contributed by atoms with Gasteiger partial charge in [-0.15, -0.1) is 0 Å². The Hall–Kier alpha value is -1.66. The molecule has 0 spiro atoms. The largest absolute Gasteiger partial charge is 0.480 e. The Morgan fingerprint density at radius 3 is 3.00 bits per heavy atom. The number of hydroxylamine groups is 1. The van der Waals surface area contributed by atoms with Crippen molar-refractivity contribution in [3.05, 3.63) is 34.9 Å². The summed E-state index contributed by atoms with van der Waals surface area (Å²) >= 11 is 3.42. The van der Waals surface area contributed by atoms with E-state index in [0.29, 0.717) is 5.75 Å². The molecule has 0 aliphatic rings. The van der Waals surface area contributed by atoms with Gasteiger partial charge in [0.15, 0.2) is 6.10 Å². The van der Waals surface area contributed by atoms with E-state index in [4.69, 9.17) is 9.94 Å². The van der Waals surface area contributed by atoms with Gasteiger partial charge in [0.1, 0.15) is 5.75 Å². The van der Waals surface area contributed by atoms with Crippen molar-refractivity contribution in [1.82, 2.24) is 10.5 Å². The van der Waals surface area contributed by atoms with Gasteiger partial charge in [-0.2, -0.15) is 0 Å². The van der Waals surface area contributed by atoms with Crippen molar-refractivity contribution in [2.24, 2.45) is 0 Å². The maximum Gasteiger partial charge on any atom is 0.284 e. The third-order valence-corrected chi connectivity index (χ3v) is 3.29. The van der Waals surface area contributed by atoms with E-state index in [1.807, 2.05) is 12.1 Å². The zero-order chi connectivity index (χ0) is 13.1. The Morgan fingerprint density at radius 2 is 2.28 bits per heavy atom. The topological polar surface area (TPSA) is 71.5 Å². The lowest BCUT2D eigenvalue weighted by Gasteiger charge is -2.14. The minimum Gasteiger partial charge on any atom is -0.480 e. The number of carbonyl (C=O) groups excluding carboxylic acids is 1. The number of carbonyl (C=O) groups is 1. The molecule has 2 aromatic rings. The highest BCUT2D eigenvalue weighted by Gasteiger charge is 2.16. The molecule has 1 atom stereocenters. The number of hydrogen-bond acceptors (Lipinski definition) is 4. The van der Waals surface area contributed by atoms with Gasteiger partial charge in [-0.3, -0.25) is 15.0 Å². The van der Waals surface area contributed by atoms with E-state index in [0.717, 1.165) is 15.4 Å². The third kappa shape index (κ3) is 2.44. The summed E-state index contributed by atoms with van der Waals surface area (Å²) in [6.45, 7) is 1.55. The second-order valence-corrected chi connectivity index (χ2v) is 4.48. The summed E-state index contributed by atoms with van der Waals surface area (Å²) in [7, 11) is 0. The second-order valence-electron chi connectivity index (χ2n) is 3.68. The first-order valence-electron chi connectivity index (χ1n) is 5.27. The highest BCUT2D eigenvalue weighted by molar-refractivity contribution is 9.10. The van der Waals surface area contributed by atoms with E-state index in [9.17, 15) is 4.79 Å². The number of pyridine rings is 1. The minimum absolute atomic E-state index is 0.520. The van der Waals surface area contributed by atoms with Gasteiger partial charge < -0.3 is 4.74 Å². The van der Waals surface area contributed by atoms with Crippen LogP contribution in [-0.2, 0) is 4.79 Å². The number of aromatic nitrogens is 1. The molecule has 94 valence electrons. The Morgan fingerprint density at radius 1 is 1.50 bits per heavy atom. The van der Waals surface area contributed by atoms with Crippen molar-refractivity contribution in [2.75, 3.05) is 0 Å². The smallest absolute Gasteiger partial charge is 0.284 e. The highest BCUT2D eigenvalue weighted by atomic mass is 79.9. The molecule has 0 aliphatic heterocycles. The normalized spacial score (nSPS) is 12.2. The van der Waals surface area contributed by atoms with Crippen LogP contribution in [0.25, 0.3) is 10.9 Å². The van der Waals surface area contributed by atoms with Crippen molar-refractivity contribution >= 4 is 32.7 Å². The Kier molecular flexibility index (Phi) is 3.78. The lowest BCUT2D eigenvalue weighted by Crippen LogP contribution is -2.34. The van der Waals surface area contributed by atoms with Crippen LogP contribution in [0.3, 0.4) is 0 Å². The SMILES string of the molecule is CC(Oc1ccc2ncccc2c1Br)C(=O)NO. The van der Waals surface area contributed by atoms with Crippen LogP contribution in [0.1, 0.15) is 6.92 Å². The molecule has 18 heavy (non-hydrogen) atoms. The molecular formula is C12H11BrN2O3. The zero-order valence-corrected chi connectivity index (χ0v) is 11.1. The number of ether oxygens (including phenoxy) is 1. The minimum atomic E-state index is -0.791. The summed E-state index contributed by atoms with van der Waals surface area (Å²) in [5.41, 5.74) is 2.38. The predicted molar refractivity (Wildman–Crippen MR) is 69.5 cm³/mol. The molecule has 0 fully saturated rings. The summed E-state index contributed by atoms with van der Waals surface area (Å²) in [5, 5.41) is 9.42. The van der Waals surface area contributed by atoms with Crippen LogP contribution in [0, 0.1) is 0 Å². The molecule has 1 aromatic heterocycles. The van der Waals surface area contributed by atoms with Crippen LogP contribution in [-0.4, -0.2) is 22.2 Å². The highest BCUT2D eigenvalue weighted by Crippen LogP contribution is 2.32. The Bertz CT molecular complexity index is 589. The fourth-order valence-electron chi connectivity index (χ4n) is 1.52. The van der Waals surface area contributed by atoms with E-state index in [-0.39, 0.29) is 0 Å². The molecule has 0 radical (unpaired) electrons. The number of rotatable bonds is 3. The lowest BCUT2D eigenvalue weighted by atomic mass is 10.2. The summed E-state index contributed by atoms with van der Waals surface area (Å²) in [6.07, 6.45) is 0.914. The summed E-state index contributed by atoms with van der Waals surface area (Å²) < 4.78 is 6.19. The summed E-state index contributed by atoms with van der Waals surface area (Å²) in [4.78, 5) is 15.4. The fourth-order valence-corrected chi connectivity index (χ4v) is 2.08. The predicted octanol–water partition coefficient (Wildman–Crippen LogP) is 2.27. The number of halogens is 1. The number of fused-ring (bicyclic) bond motifs is 1. The van der Waals surface area contributed by atoms with E-state index in [2.05, 4.69) is 20.9 Å². The molecule has 0 saturated heterocycles. The molecule has 0 bridgehead atoms. The van der Waals surface area contributed by atoms with Crippen LogP contribution in [0.2, 0.25) is 0 Å². The van der Waals surface area contributed by atoms with Crippen molar-refractivity contribution < 1.29 is 14.7 Å². The first-order chi connectivity index (χ1) is 8.63. The van der Waals surface area contributed by atoms with Gasteiger partial charge in [0.05, 0.1) is 9.99 Å². The monoisotopic (exact) mass is 310 g/mol. The second kappa shape index (κ2) is 5.32. The van der Waals surface area contributed by atoms with Gasteiger partial charge >= 0.3 is 0 Å². The van der Waals surface area contributed by atoms with Gasteiger partial charge in [0.2, 0.25) is 0 Å². The molecule has 0 aliphatic carbocycles. The van der Waals surface area contributed by atoms with E-state index >= 15 is 0 Å². The maximum atomic E-state index is 11.2. The molecule has 1 aromatic carbocycles. The van der Waals surface area contributed by atoms with Crippen molar-refractivity contribution in [2.45, 2.75) is 13.0 Å². The molecule has 6 heteroatoms. The van der Waals surface area contributed by atoms with E-state index in [1.165, 1.54) is 0 Å². The van der Waals surface area contributed by atoms with Crippen molar-refractivity contribution in [3.8, 4) is 5.75 Å². The summed E-state index contributed by atoms with van der Waals surface area (Å²) in [6, 6.07) is 7.25. The number of benzene rings is 1. The molecule has 1 unspecified atom stereocenters. The van der Waals surface area contributed by atoms with Crippen LogP contribution in [0.15, 0.2) is 34.9 Å². The van der Waals surface area contributed by atoms with Gasteiger partial charge in [-0.1, -0.05) is 6.07 Å². The van der Waals surface area contributed by atoms with Crippen molar-refractivity contribution in [3.63, 3.8) is 0 Å². The van der Waals surface area contributed by atoms with Crippen LogP contribution < -0.4 is 10.2 Å². The zero-order valence-electron chi connectivity index (χ0n) is 9.55. The fraction of sp³-hybridized carbons (Fsp3) is 0.167. The molecule has 0 saturated carbocycles. The third-order valence-electron chi connectivity index (χ3n) is 2.47. The summed E-state index contributed by atoms with van der Waals surface area (Å²) in [5.74, 6) is -0.0835. The molecule has 2 N–H and O–H groups in total. The van der Waals surface area contributed by atoms with Crippen LogP contribution in [0.5, 0.6) is 5.75 Å². The number of hydrogen-bond donors (Lipinski definition) is 2. The lowest BCUT2D eigenvalue weighted by molar-refractivity contribution is -0.135. The van der Waals surface area contributed by atoms with E-state index in [1.54, 1.807) is 30.7 Å². The maximum absolute atomic E-state index is 11.2. The van der Waals surface area contributed by atoms with Gasteiger partial charge in [-0.25, -0.2) is 5.48 Å². The molecule has 1 amide bonds. The van der Waals surface area contributed by atoms with Crippen LogP contribution >= 0.6 is 15.9 Å². The Labute approximate surface area is 112 Å². The van der Waals surface area contributed by atoms with Crippen molar-refractivity contribution in [1.29, 1.82) is 0 Å². The molecular weight excluding hydrogens is 300 g/mol. The standard InChI is InChI=1S/C12H11BrN2O3/c1-7(12(16)15-17)18-10-5-4-9-8(11(10)13)3-2-6-14-9/h2-7,17H,1H3,(H,15,16). The molecule has 1 heterocycles. The number of nitrogens with one attached hydrogen (secondary N) is 1. The Balaban J connectivity index is 2.35. The van der Waals surface area contributed by atoms with E-state index < -0.39 is 12.0 Å². The van der Waals surface area contributed by atoms with Gasteiger partial charge in [-0.05, 0) is 41.1 Å². The molecule has 5 nitrogen and oxygen atoms in total. The van der Waals surface area contributed by atoms with Crippen LogP contribution in [0.4, 0.5) is 0 Å². The number of nitrogens with zero attached hydrogens (tertiary/aromatic N) is 1. The molecule has 2 rings (SSSR count). The average Bonchev–Trinajstić information content (AvgIpc) is 2.41. The van der Waals surface area contributed by atoms with Gasteiger partial charge in [0, 0.05) is 11.6 Å². The first-order valence-corrected chi connectivity index (χ1v) is 6.06.